The van der Waals surface area contributed by atoms with Crippen molar-refractivity contribution in [1.82, 2.24) is 0 Å². The Morgan fingerprint density at radius 2 is 0.676 bits per heavy atom. The quantitative estimate of drug-likeness (QED) is 0.0345. The molecule has 0 heterocycles. The number of carbonyl (C=O) groups is 2. The maximum absolute atomic E-state index is 12.8. The Morgan fingerprint density at radius 3 is 1.15 bits per heavy atom. The van der Waals surface area contributed by atoms with E-state index in [4.69, 9.17) is 14.2 Å². The van der Waals surface area contributed by atoms with Gasteiger partial charge in [-0.2, -0.15) is 0 Å². The predicted octanol–water partition coefficient (Wildman–Crippen LogP) is 19.6. The van der Waals surface area contributed by atoms with Crippen LogP contribution in [0.2, 0.25) is 0 Å². The molecule has 1 unspecified atom stereocenters. The van der Waals surface area contributed by atoms with Crippen molar-refractivity contribution in [3.63, 3.8) is 0 Å². The van der Waals surface area contributed by atoms with Crippen molar-refractivity contribution in [1.29, 1.82) is 0 Å². The largest absolute Gasteiger partial charge is 0.462 e. The number of unbranched alkanes of at least 4 members (excludes halogenated alkanes) is 22. The van der Waals surface area contributed by atoms with Crippen LogP contribution in [0.25, 0.3) is 0 Å². The Bertz CT molecular complexity index is 1340. The van der Waals surface area contributed by atoms with Gasteiger partial charge in [-0.1, -0.05) is 226 Å². The minimum atomic E-state index is -0.582. The van der Waals surface area contributed by atoms with Crippen LogP contribution >= 0.6 is 0 Å². The summed E-state index contributed by atoms with van der Waals surface area (Å²) < 4.78 is 17.4. The van der Waals surface area contributed by atoms with Crippen LogP contribution in [-0.2, 0) is 23.8 Å². The normalized spacial score (nSPS) is 13.0. The minimum Gasteiger partial charge on any atom is -0.462 e. The first kappa shape index (κ1) is 64.6. The lowest BCUT2D eigenvalue weighted by Gasteiger charge is -2.18. The number of allylic oxidation sites excluding steroid dienone is 18. The van der Waals surface area contributed by atoms with E-state index in [1.165, 1.54) is 122 Å². The summed E-state index contributed by atoms with van der Waals surface area (Å²) in [5.74, 6) is -0.483. The molecule has 0 fully saturated rings. The fourth-order valence-corrected chi connectivity index (χ4v) is 7.55. The van der Waals surface area contributed by atoms with Gasteiger partial charge in [0.25, 0.3) is 0 Å². The molecule has 1 atom stereocenters. The number of hydrogen-bond acceptors (Lipinski definition) is 5. The standard InChI is InChI=1S/C63H106O5/c1-4-7-10-13-16-19-22-25-28-31-32-34-35-38-41-44-47-50-53-56-62(64)67-60-61(59-66-58-55-52-49-46-43-40-37-30-27-24-21-18-15-12-9-6-3)68-63(65)57-54-51-48-45-42-39-36-33-29-26-23-20-17-14-11-8-5-2/h8,11,16-17,19-20,25-30,32,34,36,39,45,48,61H,4-7,9-10,12-15,18,21-24,31,33,35,37-38,40-44,46-47,49-60H2,1-3H3/b11-8-,19-16-,20-17-,28-25-,29-26-,30-27-,34-32-,39-36-,48-45-. The molecule has 0 aromatic rings. The molecule has 0 bridgehead atoms. The molecule has 0 aromatic carbocycles. The van der Waals surface area contributed by atoms with Gasteiger partial charge in [-0.3, -0.25) is 9.59 Å². The average Bonchev–Trinajstić information content (AvgIpc) is 3.34. The topological polar surface area (TPSA) is 61.8 Å². The smallest absolute Gasteiger partial charge is 0.306 e. The van der Waals surface area contributed by atoms with Crippen LogP contribution in [0.1, 0.15) is 252 Å². The summed E-state index contributed by atoms with van der Waals surface area (Å²) in [5, 5.41) is 0. The van der Waals surface area contributed by atoms with Crippen LogP contribution in [0, 0.1) is 0 Å². The lowest BCUT2D eigenvalue weighted by Crippen LogP contribution is -2.30. The van der Waals surface area contributed by atoms with Gasteiger partial charge in [0, 0.05) is 19.4 Å². The van der Waals surface area contributed by atoms with Gasteiger partial charge in [0.05, 0.1) is 6.61 Å². The lowest BCUT2D eigenvalue weighted by molar-refractivity contribution is -0.162. The maximum Gasteiger partial charge on any atom is 0.306 e. The number of hydrogen-bond donors (Lipinski definition) is 0. The van der Waals surface area contributed by atoms with Crippen molar-refractivity contribution >= 4 is 11.9 Å². The molecule has 5 heteroatoms. The van der Waals surface area contributed by atoms with Gasteiger partial charge in [-0.05, 0) is 122 Å². The second-order valence-corrected chi connectivity index (χ2v) is 18.4. The van der Waals surface area contributed by atoms with Crippen molar-refractivity contribution < 1.29 is 23.8 Å². The Labute approximate surface area is 421 Å². The van der Waals surface area contributed by atoms with Crippen molar-refractivity contribution in [2.24, 2.45) is 0 Å². The number of carbonyl (C=O) groups excluding carboxylic acids is 2. The zero-order chi connectivity index (χ0) is 49.2. The van der Waals surface area contributed by atoms with Gasteiger partial charge >= 0.3 is 11.9 Å². The Kier molecular flexibility index (Phi) is 54.9. The van der Waals surface area contributed by atoms with Crippen molar-refractivity contribution in [3.8, 4) is 0 Å². The van der Waals surface area contributed by atoms with Gasteiger partial charge < -0.3 is 14.2 Å². The van der Waals surface area contributed by atoms with Gasteiger partial charge in [-0.15, -0.1) is 0 Å². The zero-order valence-electron chi connectivity index (χ0n) is 44.6. The van der Waals surface area contributed by atoms with E-state index >= 15 is 0 Å². The van der Waals surface area contributed by atoms with Crippen molar-refractivity contribution in [2.45, 2.75) is 258 Å². The number of rotatable bonds is 51. The van der Waals surface area contributed by atoms with E-state index in [9.17, 15) is 9.59 Å². The first-order valence-corrected chi connectivity index (χ1v) is 28.4. The van der Waals surface area contributed by atoms with Crippen LogP contribution in [0.3, 0.4) is 0 Å². The molecule has 5 nitrogen and oxygen atoms in total. The third kappa shape index (κ3) is 55.2. The first-order chi connectivity index (χ1) is 33.6. The molecule has 68 heavy (non-hydrogen) atoms. The second-order valence-electron chi connectivity index (χ2n) is 18.4. The molecule has 0 amide bonds. The molecule has 0 N–H and O–H groups in total. The molecule has 0 saturated heterocycles. The van der Waals surface area contributed by atoms with E-state index in [-0.39, 0.29) is 25.2 Å². The molecule has 0 aliphatic heterocycles. The molecule has 0 aliphatic carbocycles. The molecule has 0 radical (unpaired) electrons. The van der Waals surface area contributed by atoms with Gasteiger partial charge in [0.1, 0.15) is 6.61 Å². The number of esters is 2. The highest BCUT2D eigenvalue weighted by Crippen LogP contribution is 2.13. The summed E-state index contributed by atoms with van der Waals surface area (Å²) in [6.45, 7) is 7.60. The SMILES string of the molecule is CC/C=C\C/C=C\C/C=C\C/C=C\C/C=C\CCCC(=O)OC(COCCCCCCCC/C=C\CCCCCCCC)COC(=O)CCCCCCCC/C=C\C/C=C\C/C=C\CCCCC. The highest BCUT2D eigenvalue weighted by atomic mass is 16.6. The van der Waals surface area contributed by atoms with Crippen LogP contribution < -0.4 is 0 Å². The van der Waals surface area contributed by atoms with Crippen LogP contribution in [0.4, 0.5) is 0 Å². The summed E-state index contributed by atoms with van der Waals surface area (Å²) in [6.07, 6.45) is 79.7. The van der Waals surface area contributed by atoms with Crippen molar-refractivity contribution in [3.05, 3.63) is 109 Å². The van der Waals surface area contributed by atoms with E-state index in [1.54, 1.807) is 0 Å². The van der Waals surface area contributed by atoms with Gasteiger partial charge in [-0.25, -0.2) is 0 Å². The third-order valence-corrected chi connectivity index (χ3v) is 11.8. The first-order valence-electron chi connectivity index (χ1n) is 28.4. The molecule has 0 aliphatic rings. The van der Waals surface area contributed by atoms with E-state index in [0.717, 1.165) is 96.3 Å². The molecule has 0 spiro atoms. The summed E-state index contributed by atoms with van der Waals surface area (Å²) in [6, 6.07) is 0. The maximum atomic E-state index is 12.8. The van der Waals surface area contributed by atoms with Gasteiger partial charge in [0.2, 0.25) is 0 Å². The van der Waals surface area contributed by atoms with Crippen LogP contribution in [0.15, 0.2) is 109 Å². The summed E-state index contributed by atoms with van der Waals surface area (Å²) in [7, 11) is 0. The van der Waals surface area contributed by atoms with E-state index in [1.807, 2.05) is 0 Å². The average molecular weight is 944 g/mol. The molecule has 0 aromatic heterocycles. The zero-order valence-corrected chi connectivity index (χ0v) is 44.6. The highest BCUT2D eigenvalue weighted by molar-refractivity contribution is 5.70. The molecule has 388 valence electrons. The molecule has 0 rings (SSSR count). The highest BCUT2D eigenvalue weighted by Gasteiger charge is 2.17. The Balaban J connectivity index is 4.41. The fourth-order valence-electron chi connectivity index (χ4n) is 7.55. The van der Waals surface area contributed by atoms with Crippen molar-refractivity contribution in [2.75, 3.05) is 19.8 Å². The summed E-state index contributed by atoms with van der Waals surface area (Å²) in [4.78, 5) is 25.5. The van der Waals surface area contributed by atoms with E-state index in [0.29, 0.717) is 19.4 Å². The number of ether oxygens (including phenoxy) is 3. The third-order valence-electron chi connectivity index (χ3n) is 11.8. The minimum absolute atomic E-state index is 0.0478. The Morgan fingerprint density at radius 1 is 0.338 bits per heavy atom. The van der Waals surface area contributed by atoms with E-state index in [2.05, 4.69) is 130 Å². The second kappa shape index (κ2) is 57.9. The summed E-state index contributed by atoms with van der Waals surface area (Å²) >= 11 is 0. The Hall–Kier alpha value is -3.44. The molecular formula is C63H106O5. The van der Waals surface area contributed by atoms with E-state index < -0.39 is 6.10 Å². The predicted molar refractivity (Wildman–Crippen MR) is 297 cm³/mol. The molecular weight excluding hydrogens is 837 g/mol. The fraction of sp³-hybridized carbons (Fsp3) is 0.683. The van der Waals surface area contributed by atoms with Crippen LogP contribution in [0.5, 0.6) is 0 Å². The van der Waals surface area contributed by atoms with Crippen LogP contribution in [-0.4, -0.2) is 37.9 Å². The molecule has 0 saturated carbocycles. The monoisotopic (exact) mass is 943 g/mol. The van der Waals surface area contributed by atoms with Gasteiger partial charge in [0.15, 0.2) is 6.10 Å². The summed E-state index contributed by atoms with van der Waals surface area (Å²) in [5.41, 5.74) is 0. The lowest BCUT2D eigenvalue weighted by atomic mass is 10.1.